The molecule has 0 radical (unpaired) electrons. The van der Waals surface area contributed by atoms with Gasteiger partial charge in [-0.3, -0.25) is 0 Å². The Hall–Kier alpha value is -3.31. The van der Waals surface area contributed by atoms with Crippen molar-refractivity contribution in [3.05, 3.63) is 42.5 Å². The summed E-state index contributed by atoms with van der Waals surface area (Å²) in [5, 5.41) is 3.99. The minimum Gasteiger partial charge on any atom is -0.466 e. The average Bonchev–Trinajstić information content (AvgIpc) is 3.19. The van der Waals surface area contributed by atoms with Crippen LogP contribution in [0.5, 0.6) is 6.01 Å². The first kappa shape index (κ1) is 23.8. The predicted molar refractivity (Wildman–Crippen MR) is 131 cm³/mol. The summed E-state index contributed by atoms with van der Waals surface area (Å²) in [4.78, 5) is 25.3. The van der Waals surface area contributed by atoms with Crippen LogP contribution in [0.2, 0.25) is 0 Å². The van der Waals surface area contributed by atoms with Crippen LogP contribution in [0, 0.1) is 0 Å². The highest BCUT2D eigenvalue weighted by Crippen LogP contribution is 2.37. The van der Waals surface area contributed by atoms with E-state index in [1.54, 1.807) is 32.9 Å². The highest BCUT2D eigenvalue weighted by Gasteiger charge is 2.34. The summed E-state index contributed by atoms with van der Waals surface area (Å²) in [5.41, 5.74) is 1.14. The molecule has 11 heteroatoms. The smallest absolute Gasteiger partial charge is 0.346 e. The van der Waals surface area contributed by atoms with Gasteiger partial charge in [0.05, 0.1) is 37.9 Å². The number of nitrogens with zero attached hydrogens (tertiary/aromatic N) is 3. The summed E-state index contributed by atoms with van der Waals surface area (Å²) in [5.74, 6) is -0.381. The zero-order chi connectivity index (χ0) is 24.7. The van der Waals surface area contributed by atoms with Gasteiger partial charge in [0.1, 0.15) is 5.82 Å². The van der Waals surface area contributed by atoms with Crippen molar-refractivity contribution in [1.29, 1.82) is 0 Å². The van der Waals surface area contributed by atoms with Crippen molar-refractivity contribution in [3.8, 4) is 6.01 Å². The van der Waals surface area contributed by atoms with Gasteiger partial charge < -0.3 is 14.8 Å². The number of sulfone groups is 1. The molecule has 9 nitrogen and oxygen atoms in total. The van der Waals surface area contributed by atoms with Crippen LogP contribution in [-0.4, -0.2) is 47.3 Å². The zero-order valence-corrected chi connectivity index (χ0v) is 21.0. The fourth-order valence-corrected chi connectivity index (χ4v) is 5.48. The first-order valence-corrected chi connectivity index (χ1v) is 12.7. The molecule has 0 fully saturated rings. The number of hydrogen-bond acceptors (Lipinski definition) is 10. The number of methoxy groups -OCH3 is 1. The Bertz CT molecular complexity index is 1460. The van der Waals surface area contributed by atoms with E-state index in [0.717, 1.165) is 10.2 Å². The van der Waals surface area contributed by atoms with E-state index in [9.17, 15) is 13.2 Å². The van der Waals surface area contributed by atoms with Crippen molar-refractivity contribution in [1.82, 2.24) is 15.0 Å². The molecule has 1 atom stereocenters. The molecule has 0 aliphatic heterocycles. The Morgan fingerprint density at radius 3 is 2.41 bits per heavy atom. The molecule has 178 valence electrons. The van der Waals surface area contributed by atoms with Gasteiger partial charge in [-0.25, -0.2) is 18.2 Å². The van der Waals surface area contributed by atoms with Crippen LogP contribution >= 0.6 is 11.3 Å². The van der Waals surface area contributed by atoms with Crippen LogP contribution in [0.15, 0.2) is 47.4 Å². The van der Waals surface area contributed by atoms with Gasteiger partial charge in [-0.15, -0.1) is 0 Å². The van der Waals surface area contributed by atoms with E-state index in [2.05, 4.69) is 20.3 Å². The second kappa shape index (κ2) is 8.80. The summed E-state index contributed by atoms with van der Waals surface area (Å²) in [6, 6.07) is 12.3. The highest BCUT2D eigenvalue weighted by molar-refractivity contribution is 7.93. The van der Waals surface area contributed by atoms with Gasteiger partial charge in [-0.2, -0.15) is 9.97 Å². The number of nitrogens with one attached hydrogen (secondary N) is 1. The van der Waals surface area contributed by atoms with Gasteiger partial charge in [0.25, 0.3) is 0 Å². The van der Waals surface area contributed by atoms with Crippen molar-refractivity contribution < 1.29 is 22.7 Å². The molecule has 4 aromatic rings. The Balaban J connectivity index is 1.92. The first-order valence-electron chi connectivity index (χ1n) is 10.4. The molecular weight excluding hydrogens is 476 g/mol. The van der Waals surface area contributed by atoms with E-state index in [-0.39, 0.29) is 16.7 Å². The molecule has 34 heavy (non-hydrogen) atoms. The van der Waals surface area contributed by atoms with Crippen molar-refractivity contribution in [3.63, 3.8) is 0 Å². The van der Waals surface area contributed by atoms with E-state index in [1.165, 1.54) is 31.4 Å². The second-order valence-corrected chi connectivity index (χ2v) is 12.2. The minimum absolute atomic E-state index is 0.0914. The molecule has 0 saturated heterocycles. The number of fused-ring (bicyclic) bond motifs is 2. The summed E-state index contributed by atoms with van der Waals surface area (Å²) in [7, 11) is -2.49. The highest BCUT2D eigenvalue weighted by atomic mass is 32.2. The monoisotopic (exact) mass is 500 g/mol. The summed E-state index contributed by atoms with van der Waals surface area (Å²) in [6.07, 6.45) is -0.959. The topological polar surface area (TPSA) is 120 Å². The molecular formula is C23H24N4O5S2. The van der Waals surface area contributed by atoms with E-state index >= 15 is 0 Å². The maximum atomic E-state index is 13.4. The average molecular weight is 501 g/mol. The van der Waals surface area contributed by atoms with Crippen LogP contribution in [0.3, 0.4) is 0 Å². The number of carbonyl (C=O) groups excluding carboxylic acids is 1. The maximum absolute atomic E-state index is 13.4. The van der Waals surface area contributed by atoms with E-state index in [0.29, 0.717) is 16.0 Å². The number of carbonyl (C=O) groups is 1. The number of hydrogen-bond donors (Lipinski definition) is 1. The van der Waals surface area contributed by atoms with Gasteiger partial charge in [0.2, 0.25) is 0 Å². The molecule has 0 bridgehead atoms. The zero-order valence-electron chi connectivity index (χ0n) is 19.3. The van der Waals surface area contributed by atoms with Crippen molar-refractivity contribution in [2.45, 2.75) is 43.4 Å². The lowest BCUT2D eigenvalue weighted by atomic mass is 10.2. The molecule has 0 spiro atoms. The Labute approximate surface area is 201 Å². The van der Waals surface area contributed by atoms with Gasteiger partial charge >= 0.3 is 12.0 Å². The fourth-order valence-electron chi connectivity index (χ4n) is 3.23. The van der Waals surface area contributed by atoms with Crippen LogP contribution in [-0.2, 0) is 19.4 Å². The van der Waals surface area contributed by atoms with Crippen LogP contribution in [0.1, 0.15) is 27.7 Å². The van der Waals surface area contributed by atoms with Gasteiger partial charge in [0.15, 0.2) is 21.1 Å². The van der Waals surface area contributed by atoms with Crippen LogP contribution in [0.4, 0.5) is 10.9 Å². The van der Waals surface area contributed by atoms with E-state index in [4.69, 9.17) is 9.47 Å². The quantitative estimate of drug-likeness (QED) is 0.382. The number of aromatic nitrogens is 3. The lowest BCUT2D eigenvalue weighted by Crippen LogP contribution is -2.28. The normalized spacial score (nSPS) is 13.1. The molecule has 1 N–H and O–H groups in total. The molecule has 2 aromatic carbocycles. The molecule has 0 unspecified atom stereocenters. The Morgan fingerprint density at radius 1 is 1.03 bits per heavy atom. The largest absolute Gasteiger partial charge is 0.466 e. The molecule has 0 amide bonds. The van der Waals surface area contributed by atoms with Crippen LogP contribution < -0.4 is 10.1 Å². The summed E-state index contributed by atoms with van der Waals surface area (Å²) in [6.45, 7) is 6.43. The third kappa shape index (κ3) is 4.40. The first-order chi connectivity index (χ1) is 16.0. The van der Waals surface area contributed by atoms with Crippen molar-refractivity contribution >= 4 is 59.2 Å². The van der Waals surface area contributed by atoms with Crippen LogP contribution in [0.25, 0.3) is 21.1 Å². The van der Waals surface area contributed by atoms with E-state index < -0.39 is 26.7 Å². The molecule has 0 aliphatic rings. The molecule has 2 aromatic heterocycles. The number of anilines is 2. The lowest BCUT2D eigenvalue weighted by molar-refractivity contribution is -0.148. The standard InChI is InChI=1S/C23H24N4O5S2/c1-13(20(28)31-5)32-21-24-15-10-8-12-17(34(29,30)23(2,3)4)18(15)19(26-21)27-22-25-14-9-6-7-11-16(14)33-22/h6-13H,1-5H3,(H,24,25,26,27)/t13-/m0/s1. The number of benzene rings is 2. The minimum atomic E-state index is -3.75. The van der Waals surface area contributed by atoms with Crippen molar-refractivity contribution in [2.75, 3.05) is 12.4 Å². The number of thiazole rings is 1. The molecule has 0 aliphatic carbocycles. The van der Waals surface area contributed by atoms with Gasteiger partial charge in [0, 0.05) is 0 Å². The number of rotatable bonds is 6. The van der Waals surface area contributed by atoms with Crippen molar-refractivity contribution in [2.24, 2.45) is 0 Å². The number of para-hydroxylation sites is 1. The molecule has 4 rings (SSSR count). The molecule has 2 heterocycles. The fraction of sp³-hybridized carbons (Fsp3) is 0.304. The summed E-state index contributed by atoms with van der Waals surface area (Å²) >= 11 is 1.40. The predicted octanol–water partition coefficient (Wildman–Crippen LogP) is 4.50. The SMILES string of the molecule is COC(=O)[C@H](C)Oc1nc(Nc2nc3ccccc3s2)c2c(S(=O)(=O)C(C)(C)C)cccc2n1. The van der Waals surface area contributed by atoms with E-state index in [1.807, 2.05) is 24.3 Å². The number of ether oxygens (including phenoxy) is 2. The Kier molecular flexibility index (Phi) is 6.17. The Morgan fingerprint density at radius 2 is 1.74 bits per heavy atom. The van der Waals surface area contributed by atoms with Gasteiger partial charge in [-0.05, 0) is 52.0 Å². The number of esters is 1. The third-order valence-corrected chi connectivity index (χ3v) is 8.58. The summed E-state index contributed by atoms with van der Waals surface area (Å²) < 4.78 is 37.0. The molecule has 0 saturated carbocycles. The van der Waals surface area contributed by atoms with Gasteiger partial charge in [-0.1, -0.05) is 29.5 Å². The third-order valence-electron chi connectivity index (χ3n) is 5.09. The lowest BCUT2D eigenvalue weighted by Gasteiger charge is -2.21. The maximum Gasteiger partial charge on any atom is 0.346 e. The second-order valence-electron chi connectivity index (χ2n) is 8.52.